The van der Waals surface area contributed by atoms with Crippen LogP contribution in [-0.2, 0) is 11.3 Å². The second-order valence-electron chi connectivity index (χ2n) is 5.30. The lowest BCUT2D eigenvalue weighted by atomic mass is 10.2. The number of nitrogens with one attached hydrogen (secondary N) is 1. The lowest BCUT2D eigenvalue weighted by molar-refractivity contribution is 0.0530. The third-order valence-corrected chi connectivity index (χ3v) is 2.30. The highest BCUT2D eigenvalue weighted by atomic mass is 19.1. The van der Waals surface area contributed by atoms with Gasteiger partial charge in [0.05, 0.1) is 12.9 Å². The number of carboxylic acid groups (broad SMARTS) is 1. The van der Waals surface area contributed by atoms with Crippen molar-refractivity contribution in [1.82, 2.24) is 15.1 Å². The highest BCUT2D eigenvalue weighted by Crippen LogP contribution is 2.08. The molecule has 21 heavy (non-hydrogen) atoms. The van der Waals surface area contributed by atoms with Crippen LogP contribution >= 0.6 is 0 Å². The van der Waals surface area contributed by atoms with E-state index in [2.05, 4.69) is 10.4 Å². The number of hydrogen-bond donors (Lipinski definition) is 2. The van der Waals surface area contributed by atoms with Crippen LogP contribution in [0.3, 0.4) is 0 Å². The van der Waals surface area contributed by atoms with Gasteiger partial charge in [0.1, 0.15) is 11.3 Å². The largest absolute Gasteiger partial charge is 0.477 e. The molecule has 0 fully saturated rings. The maximum atomic E-state index is 12.8. The molecule has 2 N–H and O–H groups in total. The summed E-state index contributed by atoms with van der Waals surface area (Å²) in [7, 11) is 0. The van der Waals surface area contributed by atoms with Gasteiger partial charge < -0.3 is 15.2 Å². The van der Waals surface area contributed by atoms with Gasteiger partial charge in [-0.15, -0.1) is 0 Å². The van der Waals surface area contributed by atoms with Crippen LogP contribution in [0.4, 0.5) is 9.18 Å². The molecule has 0 aromatic carbocycles. The molecule has 1 aromatic heterocycles. The molecule has 0 radical (unpaired) electrons. The minimum absolute atomic E-state index is 0.0633. The standard InChI is InChI=1S/C13H18FN3O4/c1-13(2,3)21-12(20)15-7-9(6-14)8-17-10(11(18)19)4-5-16-17/h4-6H,7-8H2,1-3H3,(H,15,20)(H,18,19). The molecule has 0 unspecified atom stereocenters. The van der Waals surface area contributed by atoms with Crippen LogP contribution in [-0.4, -0.2) is 39.1 Å². The van der Waals surface area contributed by atoms with E-state index in [-0.39, 0.29) is 24.4 Å². The van der Waals surface area contributed by atoms with E-state index < -0.39 is 17.7 Å². The first kappa shape index (κ1) is 16.7. The van der Waals surface area contributed by atoms with E-state index in [9.17, 15) is 14.0 Å². The van der Waals surface area contributed by atoms with E-state index in [0.29, 0.717) is 6.33 Å². The summed E-state index contributed by atoms with van der Waals surface area (Å²) < 4.78 is 19.0. The molecular formula is C13H18FN3O4. The molecule has 0 bridgehead atoms. The molecule has 0 aliphatic heterocycles. The number of alkyl carbamates (subject to hydrolysis) is 1. The van der Waals surface area contributed by atoms with Crippen LogP contribution in [0.1, 0.15) is 31.3 Å². The molecule has 0 saturated carbocycles. The quantitative estimate of drug-likeness (QED) is 0.867. The van der Waals surface area contributed by atoms with Gasteiger partial charge in [-0.25, -0.2) is 14.0 Å². The monoisotopic (exact) mass is 299 g/mol. The molecule has 0 spiro atoms. The van der Waals surface area contributed by atoms with E-state index in [0.717, 1.165) is 4.68 Å². The molecular weight excluding hydrogens is 281 g/mol. The second kappa shape index (κ2) is 6.87. The normalized spacial score (nSPS) is 12.1. The number of hydrogen-bond acceptors (Lipinski definition) is 4. The predicted octanol–water partition coefficient (Wildman–Crippen LogP) is 1.96. The molecule has 0 aliphatic carbocycles. The summed E-state index contributed by atoms with van der Waals surface area (Å²) in [5.74, 6) is -1.16. The first-order chi connectivity index (χ1) is 9.73. The predicted molar refractivity (Wildman–Crippen MR) is 72.6 cm³/mol. The van der Waals surface area contributed by atoms with E-state index in [1.807, 2.05) is 0 Å². The van der Waals surface area contributed by atoms with E-state index in [1.54, 1.807) is 20.8 Å². The zero-order valence-corrected chi connectivity index (χ0v) is 12.1. The van der Waals surface area contributed by atoms with Crippen molar-refractivity contribution in [2.45, 2.75) is 32.9 Å². The van der Waals surface area contributed by atoms with Crippen LogP contribution in [0.2, 0.25) is 0 Å². The minimum Gasteiger partial charge on any atom is -0.477 e. The topological polar surface area (TPSA) is 93.5 Å². The van der Waals surface area contributed by atoms with Gasteiger partial charge in [0.25, 0.3) is 0 Å². The van der Waals surface area contributed by atoms with E-state index in [4.69, 9.17) is 9.84 Å². The summed E-state index contributed by atoms with van der Waals surface area (Å²) >= 11 is 0. The molecule has 1 aromatic rings. The fraction of sp³-hybridized carbons (Fsp3) is 0.462. The zero-order valence-electron chi connectivity index (χ0n) is 12.1. The Hall–Kier alpha value is -2.38. The summed E-state index contributed by atoms with van der Waals surface area (Å²) in [6, 6.07) is 1.31. The molecule has 116 valence electrons. The number of ether oxygens (including phenoxy) is 1. The van der Waals surface area contributed by atoms with E-state index in [1.165, 1.54) is 12.3 Å². The van der Waals surface area contributed by atoms with Crippen LogP contribution < -0.4 is 5.32 Å². The third-order valence-electron chi connectivity index (χ3n) is 2.30. The summed E-state index contributed by atoms with van der Waals surface area (Å²) in [5, 5.41) is 15.1. The number of aromatic nitrogens is 2. The summed E-state index contributed by atoms with van der Waals surface area (Å²) in [6.07, 6.45) is 0.937. The zero-order chi connectivity index (χ0) is 16.0. The Morgan fingerprint density at radius 2 is 2.19 bits per heavy atom. The first-order valence-corrected chi connectivity index (χ1v) is 6.23. The number of halogens is 1. The third kappa shape index (κ3) is 5.64. The van der Waals surface area contributed by atoms with Gasteiger partial charge in [0, 0.05) is 12.7 Å². The van der Waals surface area contributed by atoms with Crippen molar-refractivity contribution in [1.29, 1.82) is 0 Å². The number of carbonyl (C=O) groups excluding carboxylic acids is 1. The van der Waals surface area contributed by atoms with Crippen molar-refractivity contribution in [3.05, 3.63) is 29.9 Å². The molecule has 0 saturated heterocycles. The van der Waals surface area contributed by atoms with Crippen LogP contribution in [0, 0.1) is 0 Å². The van der Waals surface area contributed by atoms with E-state index >= 15 is 0 Å². The Bertz CT molecular complexity index is 546. The van der Waals surface area contributed by atoms with Crippen LogP contribution in [0.25, 0.3) is 0 Å². The number of carboxylic acids is 1. The lowest BCUT2D eigenvalue weighted by Gasteiger charge is -2.20. The van der Waals surface area contributed by atoms with Crippen molar-refractivity contribution in [2.75, 3.05) is 6.54 Å². The Balaban J connectivity index is 2.59. The molecule has 0 atom stereocenters. The molecule has 8 heteroatoms. The second-order valence-corrected chi connectivity index (χ2v) is 5.30. The first-order valence-electron chi connectivity index (χ1n) is 6.23. The lowest BCUT2D eigenvalue weighted by Crippen LogP contribution is -2.34. The average Bonchev–Trinajstić information content (AvgIpc) is 2.80. The van der Waals surface area contributed by atoms with Gasteiger partial charge in [0.15, 0.2) is 0 Å². The highest BCUT2D eigenvalue weighted by Gasteiger charge is 2.17. The van der Waals surface area contributed by atoms with Gasteiger partial charge in [-0.3, -0.25) is 4.68 Å². The van der Waals surface area contributed by atoms with Crippen molar-refractivity contribution in [3.8, 4) is 0 Å². The van der Waals surface area contributed by atoms with Gasteiger partial charge >= 0.3 is 12.1 Å². The number of amides is 1. The number of rotatable bonds is 5. The summed E-state index contributed by atoms with van der Waals surface area (Å²) in [4.78, 5) is 22.4. The van der Waals surface area contributed by atoms with Crippen LogP contribution in [0.15, 0.2) is 24.2 Å². The maximum Gasteiger partial charge on any atom is 0.407 e. The van der Waals surface area contributed by atoms with Crippen molar-refractivity contribution >= 4 is 12.1 Å². The van der Waals surface area contributed by atoms with Gasteiger partial charge in [-0.05, 0) is 32.4 Å². The molecule has 1 amide bonds. The Morgan fingerprint density at radius 1 is 1.52 bits per heavy atom. The molecule has 7 nitrogen and oxygen atoms in total. The number of aromatic carboxylic acids is 1. The fourth-order valence-corrected chi connectivity index (χ4v) is 1.46. The maximum absolute atomic E-state index is 12.8. The van der Waals surface area contributed by atoms with Crippen molar-refractivity contribution < 1.29 is 23.8 Å². The summed E-state index contributed by atoms with van der Waals surface area (Å²) in [5.41, 5.74) is -0.555. The minimum atomic E-state index is -1.16. The smallest absolute Gasteiger partial charge is 0.407 e. The fourth-order valence-electron chi connectivity index (χ4n) is 1.46. The molecule has 1 rings (SSSR count). The molecule has 0 aliphatic rings. The Labute approximate surface area is 121 Å². The molecule has 1 heterocycles. The number of nitrogens with zero attached hydrogens (tertiary/aromatic N) is 2. The Morgan fingerprint density at radius 3 is 2.71 bits per heavy atom. The number of carbonyl (C=O) groups is 2. The van der Waals surface area contributed by atoms with Crippen molar-refractivity contribution in [3.63, 3.8) is 0 Å². The van der Waals surface area contributed by atoms with Gasteiger partial charge in [0.2, 0.25) is 0 Å². The average molecular weight is 299 g/mol. The van der Waals surface area contributed by atoms with Gasteiger partial charge in [-0.2, -0.15) is 5.10 Å². The summed E-state index contributed by atoms with van der Waals surface area (Å²) in [6.45, 7) is 4.94. The SMILES string of the molecule is CC(C)(C)OC(=O)NCC(=CF)Cn1nccc1C(=O)O. The van der Waals surface area contributed by atoms with Crippen molar-refractivity contribution in [2.24, 2.45) is 0 Å². The van der Waals surface area contributed by atoms with Gasteiger partial charge in [-0.1, -0.05) is 0 Å². The highest BCUT2D eigenvalue weighted by molar-refractivity contribution is 5.85. The van der Waals surface area contributed by atoms with Crippen LogP contribution in [0.5, 0.6) is 0 Å². The Kier molecular flexibility index (Phi) is 5.45.